The third-order valence-electron chi connectivity index (χ3n) is 5.60. The second-order valence-corrected chi connectivity index (χ2v) is 7.53. The summed E-state index contributed by atoms with van der Waals surface area (Å²) in [4.78, 5) is 28.4. The lowest BCUT2D eigenvalue weighted by Gasteiger charge is -2.33. The fraction of sp³-hybridized carbons (Fsp3) is 0.391. The molecule has 1 N–H and O–H groups in total. The molecule has 0 spiro atoms. The van der Waals surface area contributed by atoms with Crippen molar-refractivity contribution in [2.24, 2.45) is 0 Å². The first-order chi connectivity index (χ1) is 14.1. The molecule has 2 aliphatic rings. The molecule has 0 unspecified atom stereocenters. The molecule has 0 aliphatic carbocycles. The van der Waals surface area contributed by atoms with Gasteiger partial charge < -0.3 is 19.9 Å². The summed E-state index contributed by atoms with van der Waals surface area (Å²) < 4.78 is 5.90. The number of nitrogens with zero attached hydrogens (tertiary/aromatic N) is 2. The third kappa shape index (κ3) is 4.43. The molecule has 2 aromatic carbocycles. The van der Waals surface area contributed by atoms with E-state index in [9.17, 15) is 9.59 Å². The largest absolute Gasteiger partial charge is 0.370 e. The summed E-state index contributed by atoms with van der Waals surface area (Å²) in [6.45, 7) is 4.45. The van der Waals surface area contributed by atoms with Crippen molar-refractivity contribution < 1.29 is 14.3 Å². The Labute approximate surface area is 171 Å². The molecule has 4 rings (SSSR count). The van der Waals surface area contributed by atoms with Crippen molar-refractivity contribution in [3.63, 3.8) is 0 Å². The predicted molar refractivity (Wildman–Crippen MR) is 113 cm³/mol. The standard InChI is InChI=1S/C23H27N3O3/c1-2-17-8-10-18(11-9-17)21-16-25(13-14-29-21)23(28)24-19-5-3-6-20(15-19)26-12-4-7-22(26)27/h3,5-6,8-11,15,21H,2,4,7,12-14,16H2,1H3,(H,24,28)/t21-/m0/s1. The SMILES string of the molecule is CCc1ccc([C@@H]2CN(C(=O)Nc3cccc(N4CCCC4=O)c3)CCO2)cc1. The van der Waals surface area contributed by atoms with Crippen molar-refractivity contribution in [1.29, 1.82) is 0 Å². The van der Waals surface area contributed by atoms with Gasteiger partial charge in [0.15, 0.2) is 0 Å². The first kappa shape index (κ1) is 19.5. The first-order valence-corrected chi connectivity index (χ1v) is 10.3. The molecule has 1 atom stereocenters. The number of hydrogen-bond donors (Lipinski definition) is 1. The predicted octanol–water partition coefficient (Wildman–Crippen LogP) is 3.98. The monoisotopic (exact) mass is 393 g/mol. The molecular formula is C23H27N3O3. The molecule has 0 saturated carbocycles. The lowest BCUT2D eigenvalue weighted by molar-refractivity contribution is -0.117. The van der Waals surface area contributed by atoms with E-state index in [0.717, 1.165) is 30.6 Å². The van der Waals surface area contributed by atoms with E-state index in [2.05, 4.69) is 36.5 Å². The number of carbonyl (C=O) groups is 2. The van der Waals surface area contributed by atoms with Crippen LogP contribution >= 0.6 is 0 Å². The zero-order valence-corrected chi connectivity index (χ0v) is 16.8. The summed E-state index contributed by atoms with van der Waals surface area (Å²) in [7, 11) is 0. The smallest absolute Gasteiger partial charge is 0.322 e. The highest BCUT2D eigenvalue weighted by Crippen LogP contribution is 2.26. The van der Waals surface area contributed by atoms with Crippen LogP contribution in [0.2, 0.25) is 0 Å². The quantitative estimate of drug-likeness (QED) is 0.855. The number of carbonyl (C=O) groups excluding carboxylic acids is 2. The maximum Gasteiger partial charge on any atom is 0.322 e. The van der Waals surface area contributed by atoms with E-state index in [1.165, 1.54) is 5.56 Å². The van der Waals surface area contributed by atoms with Crippen LogP contribution in [0.5, 0.6) is 0 Å². The summed E-state index contributed by atoms with van der Waals surface area (Å²) in [6.07, 6.45) is 2.35. The molecule has 2 heterocycles. The molecule has 0 bridgehead atoms. The summed E-state index contributed by atoms with van der Waals surface area (Å²) >= 11 is 0. The zero-order chi connectivity index (χ0) is 20.2. The minimum absolute atomic E-state index is 0.117. The number of nitrogens with one attached hydrogen (secondary N) is 1. The Balaban J connectivity index is 1.41. The minimum Gasteiger partial charge on any atom is -0.370 e. The Morgan fingerprint density at radius 1 is 1.17 bits per heavy atom. The van der Waals surface area contributed by atoms with E-state index < -0.39 is 0 Å². The number of urea groups is 1. The van der Waals surface area contributed by atoms with E-state index in [4.69, 9.17) is 4.74 Å². The molecular weight excluding hydrogens is 366 g/mol. The number of hydrogen-bond acceptors (Lipinski definition) is 3. The normalized spacial score (nSPS) is 19.5. The maximum absolute atomic E-state index is 12.8. The van der Waals surface area contributed by atoms with Crippen LogP contribution in [-0.2, 0) is 16.0 Å². The van der Waals surface area contributed by atoms with Gasteiger partial charge in [-0.25, -0.2) is 4.79 Å². The molecule has 2 aromatic rings. The summed E-state index contributed by atoms with van der Waals surface area (Å²) in [5, 5.41) is 2.97. The topological polar surface area (TPSA) is 61.9 Å². The maximum atomic E-state index is 12.8. The summed E-state index contributed by atoms with van der Waals surface area (Å²) in [5.41, 5.74) is 3.91. The van der Waals surface area contributed by atoms with Gasteiger partial charge in [0.25, 0.3) is 0 Å². The highest BCUT2D eigenvalue weighted by Gasteiger charge is 2.26. The van der Waals surface area contributed by atoms with Crippen molar-refractivity contribution in [3.8, 4) is 0 Å². The second kappa shape index (κ2) is 8.66. The molecule has 29 heavy (non-hydrogen) atoms. The molecule has 3 amide bonds. The molecule has 2 saturated heterocycles. The van der Waals surface area contributed by atoms with Gasteiger partial charge in [-0.15, -0.1) is 0 Å². The lowest BCUT2D eigenvalue weighted by atomic mass is 10.0. The van der Waals surface area contributed by atoms with Crippen molar-refractivity contribution in [2.45, 2.75) is 32.3 Å². The number of amides is 3. The van der Waals surface area contributed by atoms with Gasteiger partial charge in [-0.05, 0) is 42.2 Å². The van der Waals surface area contributed by atoms with Gasteiger partial charge in [-0.2, -0.15) is 0 Å². The Hall–Kier alpha value is -2.86. The molecule has 0 radical (unpaired) electrons. The number of aryl methyl sites for hydroxylation is 1. The van der Waals surface area contributed by atoms with Crippen LogP contribution in [0, 0.1) is 0 Å². The van der Waals surface area contributed by atoms with Crippen LogP contribution in [0.25, 0.3) is 0 Å². The van der Waals surface area contributed by atoms with Crippen LogP contribution in [-0.4, -0.2) is 43.1 Å². The van der Waals surface area contributed by atoms with Gasteiger partial charge >= 0.3 is 6.03 Å². The highest BCUT2D eigenvalue weighted by molar-refractivity contribution is 5.96. The van der Waals surface area contributed by atoms with E-state index in [0.29, 0.717) is 31.8 Å². The summed E-state index contributed by atoms with van der Waals surface area (Å²) in [5.74, 6) is 0.138. The van der Waals surface area contributed by atoms with Crippen LogP contribution < -0.4 is 10.2 Å². The van der Waals surface area contributed by atoms with Gasteiger partial charge in [-0.1, -0.05) is 37.3 Å². The van der Waals surface area contributed by atoms with Gasteiger partial charge in [0, 0.05) is 30.9 Å². The first-order valence-electron chi connectivity index (χ1n) is 10.3. The van der Waals surface area contributed by atoms with Crippen molar-refractivity contribution >= 4 is 23.3 Å². The average Bonchev–Trinajstić information content (AvgIpc) is 3.20. The van der Waals surface area contributed by atoms with E-state index in [-0.39, 0.29) is 18.0 Å². The Kier molecular flexibility index (Phi) is 5.81. The van der Waals surface area contributed by atoms with Crippen molar-refractivity contribution in [1.82, 2.24) is 4.90 Å². The Morgan fingerprint density at radius 3 is 2.72 bits per heavy atom. The number of morpholine rings is 1. The van der Waals surface area contributed by atoms with Crippen LogP contribution in [0.4, 0.5) is 16.2 Å². The molecule has 6 heteroatoms. The Bertz CT molecular complexity index is 881. The summed E-state index contributed by atoms with van der Waals surface area (Å²) in [6, 6.07) is 15.7. The van der Waals surface area contributed by atoms with Gasteiger partial charge in [-0.3, -0.25) is 4.79 Å². The molecule has 2 aliphatic heterocycles. The van der Waals surface area contributed by atoms with Crippen LogP contribution in [0.15, 0.2) is 48.5 Å². The van der Waals surface area contributed by atoms with Crippen LogP contribution in [0.3, 0.4) is 0 Å². The van der Waals surface area contributed by atoms with Gasteiger partial charge in [0.1, 0.15) is 6.10 Å². The number of benzene rings is 2. The number of ether oxygens (including phenoxy) is 1. The van der Waals surface area contributed by atoms with Crippen LogP contribution in [0.1, 0.15) is 37.0 Å². The molecule has 6 nitrogen and oxygen atoms in total. The number of rotatable bonds is 4. The van der Waals surface area contributed by atoms with Crippen molar-refractivity contribution in [3.05, 3.63) is 59.7 Å². The van der Waals surface area contributed by atoms with E-state index in [1.807, 2.05) is 24.3 Å². The van der Waals surface area contributed by atoms with Gasteiger partial charge in [0.05, 0.1) is 13.2 Å². The number of anilines is 2. The fourth-order valence-electron chi connectivity index (χ4n) is 3.88. The Morgan fingerprint density at radius 2 is 2.00 bits per heavy atom. The van der Waals surface area contributed by atoms with E-state index in [1.54, 1.807) is 9.80 Å². The fourth-order valence-corrected chi connectivity index (χ4v) is 3.88. The van der Waals surface area contributed by atoms with Gasteiger partial charge in [0.2, 0.25) is 5.91 Å². The minimum atomic E-state index is -0.145. The second-order valence-electron chi connectivity index (χ2n) is 7.53. The molecule has 152 valence electrons. The molecule has 2 fully saturated rings. The average molecular weight is 393 g/mol. The van der Waals surface area contributed by atoms with Crippen molar-refractivity contribution in [2.75, 3.05) is 36.5 Å². The third-order valence-corrected chi connectivity index (χ3v) is 5.60. The highest BCUT2D eigenvalue weighted by atomic mass is 16.5. The zero-order valence-electron chi connectivity index (χ0n) is 16.8. The lowest BCUT2D eigenvalue weighted by Crippen LogP contribution is -2.44. The molecule has 0 aromatic heterocycles. The van der Waals surface area contributed by atoms with E-state index >= 15 is 0 Å².